The molecule has 0 radical (unpaired) electrons. The monoisotopic (exact) mass is 393 g/mol. The highest BCUT2D eigenvalue weighted by atomic mass is 32.2. The number of rotatable bonds is 8. The van der Waals surface area contributed by atoms with Crippen LogP contribution in [0.1, 0.15) is 39.2 Å². The van der Waals surface area contributed by atoms with E-state index < -0.39 is 15.9 Å². The van der Waals surface area contributed by atoms with Gasteiger partial charge < -0.3 is 9.08 Å². The van der Waals surface area contributed by atoms with Crippen LogP contribution < -0.4 is 4.18 Å². The van der Waals surface area contributed by atoms with Crippen LogP contribution in [0.25, 0.3) is 0 Å². The zero-order chi connectivity index (χ0) is 20.0. The van der Waals surface area contributed by atoms with Crippen molar-refractivity contribution >= 4 is 16.0 Å². The Kier molecular flexibility index (Phi) is 6.96. The van der Waals surface area contributed by atoms with Crippen molar-refractivity contribution in [3.63, 3.8) is 0 Å². The molecule has 5 nitrogen and oxygen atoms in total. The molecule has 0 fully saturated rings. The number of halogens is 1. The first-order valence-electron chi connectivity index (χ1n) is 8.81. The van der Waals surface area contributed by atoms with Gasteiger partial charge in [0.05, 0.1) is 0 Å². The predicted molar refractivity (Wildman–Crippen MR) is 101 cm³/mol. The Hall–Kier alpha value is -2.41. The molecule has 0 heterocycles. The van der Waals surface area contributed by atoms with E-state index in [2.05, 4.69) is 0 Å². The van der Waals surface area contributed by atoms with Gasteiger partial charge in [0.15, 0.2) is 0 Å². The second-order valence-corrected chi connectivity index (χ2v) is 8.05. The average molecular weight is 393 g/mol. The van der Waals surface area contributed by atoms with Crippen LogP contribution in [0.5, 0.6) is 5.75 Å². The first kappa shape index (κ1) is 20.9. The van der Waals surface area contributed by atoms with E-state index in [4.69, 9.17) is 4.18 Å². The molecule has 0 saturated heterocycles. The summed E-state index contributed by atoms with van der Waals surface area (Å²) in [6.45, 7) is 6.33. The van der Waals surface area contributed by atoms with Crippen molar-refractivity contribution in [1.82, 2.24) is 4.90 Å². The molecule has 2 aromatic carbocycles. The molecule has 0 unspecified atom stereocenters. The third kappa shape index (κ3) is 5.79. The van der Waals surface area contributed by atoms with Crippen LogP contribution >= 0.6 is 0 Å². The summed E-state index contributed by atoms with van der Waals surface area (Å²) in [6, 6.07) is 11.0. The van der Waals surface area contributed by atoms with E-state index in [-0.39, 0.29) is 22.6 Å². The maximum atomic E-state index is 12.9. The normalized spacial score (nSPS) is 11.4. The van der Waals surface area contributed by atoms with Gasteiger partial charge in [-0.05, 0) is 62.2 Å². The first-order valence-corrected chi connectivity index (χ1v) is 10.2. The van der Waals surface area contributed by atoms with Gasteiger partial charge in [-0.25, -0.2) is 4.39 Å². The van der Waals surface area contributed by atoms with Crippen molar-refractivity contribution in [3.05, 3.63) is 59.9 Å². The third-order valence-electron chi connectivity index (χ3n) is 3.99. The minimum absolute atomic E-state index is 0.0684. The van der Waals surface area contributed by atoms with Gasteiger partial charge in [0.2, 0.25) is 5.91 Å². The van der Waals surface area contributed by atoms with Gasteiger partial charge in [-0.15, -0.1) is 0 Å². The Morgan fingerprint density at radius 2 is 1.67 bits per heavy atom. The summed E-state index contributed by atoms with van der Waals surface area (Å²) in [4.78, 5) is 13.9. The Morgan fingerprint density at radius 1 is 1.07 bits per heavy atom. The molecular formula is C20H24FNO4S. The molecular weight excluding hydrogens is 369 g/mol. The maximum absolute atomic E-state index is 12.9. The zero-order valence-electron chi connectivity index (χ0n) is 15.7. The van der Waals surface area contributed by atoms with Gasteiger partial charge in [-0.3, -0.25) is 4.79 Å². The van der Waals surface area contributed by atoms with Gasteiger partial charge in [0.1, 0.15) is 16.5 Å². The van der Waals surface area contributed by atoms with E-state index in [1.165, 1.54) is 0 Å². The predicted octanol–water partition coefficient (Wildman–Crippen LogP) is 4.13. The number of hydrogen-bond acceptors (Lipinski definition) is 4. The van der Waals surface area contributed by atoms with Crippen molar-refractivity contribution in [1.29, 1.82) is 0 Å². The van der Waals surface area contributed by atoms with Crippen LogP contribution in [0.2, 0.25) is 0 Å². The molecule has 0 saturated carbocycles. The zero-order valence-corrected chi connectivity index (χ0v) is 16.5. The van der Waals surface area contributed by atoms with Crippen LogP contribution in [0, 0.1) is 5.82 Å². The molecule has 2 aromatic rings. The number of amides is 1. The molecule has 0 spiro atoms. The van der Waals surface area contributed by atoms with Crippen molar-refractivity contribution in [3.8, 4) is 5.75 Å². The van der Waals surface area contributed by atoms with E-state index in [0.717, 1.165) is 36.2 Å². The van der Waals surface area contributed by atoms with Crippen LogP contribution in [0.3, 0.4) is 0 Å². The number of nitrogens with zero attached hydrogens (tertiary/aromatic N) is 1. The quantitative estimate of drug-likeness (QED) is 0.633. The van der Waals surface area contributed by atoms with Crippen molar-refractivity contribution < 1.29 is 21.8 Å². The molecule has 1 amide bonds. The lowest BCUT2D eigenvalue weighted by atomic mass is 10.1. The summed E-state index contributed by atoms with van der Waals surface area (Å²) in [6.07, 6.45) is 1.28. The van der Waals surface area contributed by atoms with Gasteiger partial charge in [-0.2, -0.15) is 8.42 Å². The molecule has 2 rings (SSSR count). The fourth-order valence-corrected chi connectivity index (χ4v) is 3.47. The Balaban J connectivity index is 2.10. The second-order valence-electron chi connectivity index (χ2n) is 6.50. The lowest BCUT2D eigenvalue weighted by Gasteiger charge is -2.27. The molecule has 0 aliphatic rings. The van der Waals surface area contributed by atoms with Gasteiger partial charge >= 0.3 is 10.1 Å². The molecule has 27 heavy (non-hydrogen) atoms. The summed E-state index contributed by atoms with van der Waals surface area (Å²) >= 11 is 0. The van der Waals surface area contributed by atoms with Gasteiger partial charge in [-0.1, -0.05) is 19.1 Å². The van der Waals surface area contributed by atoms with E-state index in [1.807, 2.05) is 20.8 Å². The van der Waals surface area contributed by atoms with Crippen LogP contribution in [0.4, 0.5) is 4.39 Å². The van der Waals surface area contributed by atoms with Gasteiger partial charge in [0, 0.05) is 19.0 Å². The van der Waals surface area contributed by atoms with E-state index in [9.17, 15) is 17.6 Å². The molecule has 0 N–H and O–H groups in total. The topological polar surface area (TPSA) is 63.7 Å². The highest BCUT2D eigenvalue weighted by molar-refractivity contribution is 7.87. The smallest absolute Gasteiger partial charge is 0.339 e. The Labute approximate surface area is 159 Å². The third-order valence-corrected chi connectivity index (χ3v) is 5.25. The highest BCUT2D eigenvalue weighted by Crippen LogP contribution is 2.20. The van der Waals surface area contributed by atoms with E-state index in [1.54, 1.807) is 29.2 Å². The number of carbonyl (C=O) groups excluding carboxylic acids is 1. The molecule has 0 bridgehead atoms. The molecule has 7 heteroatoms. The Morgan fingerprint density at radius 3 is 2.19 bits per heavy atom. The second kappa shape index (κ2) is 8.99. The first-order chi connectivity index (χ1) is 12.7. The largest absolute Gasteiger partial charge is 0.379 e. The van der Waals surface area contributed by atoms with Crippen molar-refractivity contribution in [2.24, 2.45) is 0 Å². The van der Waals surface area contributed by atoms with Crippen LogP contribution in [-0.2, 0) is 21.5 Å². The number of benzene rings is 2. The fraction of sp³-hybridized carbons (Fsp3) is 0.350. The molecule has 146 valence electrons. The SMILES string of the molecule is CCCC(=O)N(Cc1ccc(OS(=O)(=O)c2ccc(F)cc2)cc1)C(C)C. The highest BCUT2D eigenvalue weighted by Gasteiger charge is 2.18. The lowest BCUT2D eigenvalue weighted by molar-refractivity contribution is -0.133. The standard InChI is InChI=1S/C20H24FNO4S/c1-4-5-20(23)22(15(2)3)14-16-6-10-18(11-7-16)26-27(24,25)19-12-8-17(21)9-13-19/h6-13,15H,4-5,14H2,1-3H3. The minimum Gasteiger partial charge on any atom is -0.379 e. The fourth-order valence-electron chi connectivity index (χ4n) is 2.54. The number of hydrogen-bond donors (Lipinski definition) is 0. The van der Waals surface area contributed by atoms with Gasteiger partial charge in [0.25, 0.3) is 0 Å². The average Bonchev–Trinajstić information content (AvgIpc) is 2.61. The van der Waals surface area contributed by atoms with Crippen LogP contribution in [-0.4, -0.2) is 25.3 Å². The minimum atomic E-state index is -4.03. The molecule has 0 aliphatic heterocycles. The summed E-state index contributed by atoms with van der Waals surface area (Å²) < 4.78 is 42.5. The Bertz CT molecular complexity index is 862. The molecule has 0 aliphatic carbocycles. The molecule has 0 atom stereocenters. The van der Waals surface area contributed by atoms with E-state index in [0.29, 0.717) is 13.0 Å². The summed E-state index contributed by atoms with van der Waals surface area (Å²) in [5.74, 6) is -0.281. The van der Waals surface area contributed by atoms with Crippen LogP contribution in [0.15, 0.2) is 53.4 Å². The summed E-state index contributed by atoms with van der Waals surface area (Å²) in [5.41, 5.74) is 0.875. The van der Waals surface area contributed by atoms with Crippen molar-refractivity contribution in [2.75, 3.05) is 0 Å². The van der Waals surface area contributed by atoms with Crippen molar-refractivity contribution in [2.45, 2.75) is 51.1 Å². The lowest BCUT2D eigenvalue weighted by Crippen LogP contribution is -2.36. The summed E-state index contributed by atoms with van der Waals surface area (Å²) in [5, 5.41) is 0. The molecule has 0 aromatic heterocycles. The number of carbonyl (C=O) groups is 1. The maximum Gasteiger partial charge on any atom is 0.339 e. The van der Waals surface area contributed by atoms with E-state index >= 15 is 0 Å². The summed E-state index contributed by atoms with van der Waals surface area (Å²) in [7, 11) is -4.03.